The number of ether oxygens (including phenoxy) is 1. The van der Waals surface area contributed by atoms with Gasteiger partial charge in [0.15, 0.2) is 17.4 Å². The van der Waals surface area contributed by atoms with Gasteiger partial charge in [-0.1, -0.05) is 11.6 Å². The average Bonchev–Trinajstić information content (AvgIpc) is 3.21. The fourth-order valence-electron chi connectivity index (χ4n) is 3.28. The van der Waals surface area contributed by atoms with Crippen LogP contribution in [-0.4, -0.2) is 52.1 Å². The van der Waals surface area contributed by atoms with Crippen LogP contribution in [0, 0.1) is 5.82 Å². The zero-order valence-corrected chi connectivity index (χ0v) is 17.2. The summed E-state index contributed by atoms with van der Waals surface area (Å²) < 4.78 is 33.2. The highest BCUT2D eigenvalue weighted by atomic mass is 35.5. The molecule has 7 nitrogen and oxygen atoms in total. The molecule has 1 aliphatic rings. The highest BCUT2D eigenvalue weighted by Crippen LogP contribution is 2.31. The third-order valence-corrected chi connectivity index (χ3v) is 5.10. The fraction of sp³-hybridized carbons (Fsp3) is 0.238. The van der Waals surface area contributed by atoms with Crippen LogP contribution in [0.5, 0.6) is 5.75 Å². The predicted octanol–water partition coefficient (Wildman–Crippen LogP) is 4.27. The van der Waals surface area contributed by atoms with Crippen molar-refractivity contribution in [3.63, 3.8) is 0 Å². The number of alkyl halides is 1. The fourth-order valence-corrected chi connectivity index (χ4v) is 3.45. The van der Waals surface area contributed by atoms with Gasteiger partial charge in [-0.05, 0) is 30.7 Å². The summed E-state index contributed by atoms with van der Waals surface area (Å²) in [5.74, 6) is -0.284. The van der Waals surface area contributed by atoms with Crippen LogP contribution >= 0.6 is 11.6 Å². The number of hydrogen-bond donors (Lipinski definition) is 1. The van der Waals surface area contributed by atoms with Gasteiger partial charge >= 0.3 is 0 Å². The second-order valence-electron chi connectivity index (χ2n) is 6.92. The van der Waals surface area contributed by atoms with Crippen molar-refractivity contribution in [3.05, 3.63) is 59.3 Å². The minimum absolute atomic E-state index is 0.0438. The number of hydrogen-bond acceptors (Lipinski definition) is 6. The Morgan fingerprint density at radius 2 is 2.16 bits per heavy atom. The first-order valence-electron chi connectivity index (χ1n) is 9.47. The van der Waals surface area contributed by atoms with Gasteiger partial charge in [-0.2, -0.15) is 0 Å². The molecule has 2 aromatic heterocycles. The molecule has 31 heavy (non-hydrogen) atoms. The van der Waals surface area contributed by atoms with Gasteiger partial charge in [0.05, 0.1) is 36.7 Å². The maximum absolute atomic E-state index is 14.3. The van der Waals surface area contributed by atoms with E-state index in [9.17, 15) is 13.6 Å². The average molecular weight is 446 g/mol. The van der Waals surface area contributed by atoms with E-state index >= 15 is 0 Å². The third kappa shape index (κ3) is 4.41. The summed E-state index contributed by atoms with van der Waals surface area (Å²) >= 11 is 5.98. The highest BCUT2D eigenvalue weighted by molar-refractivity contribution is 6.30. The molecule has 1 amide bonds. The predicted molar refractivity (Wildman–Crippen MR) is 112 cm³/mol. The molecule has 3 heterocycles. The van der Waals surface area contributed by atoms with Crippen molar-refractivity contribution in [3.8, 4) is 17.1 Å². The van der Waals surface area contributed by atoms with E-state index in [2.05, 4.69) is 20.3 Å². The summed E-state index contributed by atoms with van der Waals surface area (Å²) in [6, 6.07) is 5.67. The molecule has 0 radical (unpaired) electrons. The summed E-state index contributed by atoms with van der Waals surface area (Å²) in [6.07, 6.45) is 3.58. The monoisotopic (exact) mass is 445 g/mol. The van der Waals surface area contributed by atoms with Crippen LogP contribution in [0.2, 0.25) is 5.02 Å². The van der Waals surface area contributed by atoms with Gasteiger partial charge in [0.25, 0.3) is 5.91 Å². The number of amides is 1. The number of rotatable bonds is 5. The zero-order valence-electron chi connectivity index (χ0n) is 16.5. The Kier molecular flexibility index (Phi) is 5.94. The van der Waals surface area contributed by atoms with Gasteiger partial charge < -0.3 is 15.0 Å². The molecule has 0 aliphatic carbocycles. The molecule has 1 saturated heterocycles. The highest BCUT2D eigenvalue weighted by Gasteiger charge is 2.28. The number of nitrogens with zero attached hydrogens (tertiary/aromatic N) is 4. The molecular weight excluding hydrogens is 428 g/mol. The molecule has 0 saturated carbocycles. The van der Waals surface area contributed by atoms with E-state index in [1.807, 2.05) is 0 Å². The van der Waals surface area contributed by atoms with E-state index in [-0.39, 0.29) is 41.0 Å². The van der Waals surface area contributed by atoms with Crippen molar-refractivity contribution in [1.29, 1.82) is 0 Å². The lowest BCUT2D eigenvalue weighted by atomic mass is 10.2. The Morgan fingerprint density at radius 3 is 2.90 bits per heavy atom. The molecular formula is C21H18ClF2N5O2. The molecule has 0 bridgehead atoms. The van der Waals surface area contributed by atoms with Crippen LogP contribution in [0.15, 0.2) is 42.9 Å². The van der Waals surface area contributed by atoms with E-state index in [0.717, 1.165) is 0 Å². The Labute approximate surface area is 182 Å². The SMILES string of the molecule is COc1cnc(-c2cc(Cl)ccc2F)nc1Nc1ccncc1C(=O)N1CC[C@@H](F)C1. The van der Waals surface area contributed by atoms with Crippen molar-refractivity contribution in [2.24, 2.45) is 0 Å². The van der Waals surface area contributed by atoms with Gasteiger partial charge in [0.1, 0.15) is 12.0 Å². The second-order valence-corrected chi connectivity index (χ2v) is 7.35. The third-order valence-electron chi connectivity index (χ3n) is 4.87. The smallest absolute Gasteiger partial charge is 0.257 e. The van der Waals surface area contributed by atoms with Gasteiger partial charge in [-0.15, -0.1) is 0 Å². The van der Waals surface area contributed by atoms with Crippen molar-refractivity contribution >= 4 is 29.0 Å². The summed E-state index contributed by atoms with van der Waals surface area (Å²) in [5.41, 5.74) is 0.778. The molecule has 3 aromatic rings. The lowest BCUT2D eigenvalue weighted by Crippen LogP contribution is -2.29. The molecule has 4 rings (SSSR count). The number of aromatic nitrogens is 3. The Balaban J connectivity index is 1.70. The van der Waals surface area contributed by atoms with Crippen molar-refractivity contribution in [1.82, 2.24) is 19.9 Å². The topological polar surface area (TPSA) is 80.2 Å². The molecule has 0 unspecified atom stereocenters. The lowest BCUT2D eigenvalue weighted by molar-refractivity contribution is 0.0783. The molecule has 10 heteroatoms. The first kappa shape index (κ1) is 20.9. The van der Waals surface area contributed by atoms with Gasteiger partial charge in [0.2, 0.25) is 0 Å². The number of likely N-dealkylation sites (tertiary alicyclic amines) is 1. The summed E-state index contributed by atoms with van der Waals surface area (Å²) in [6.45, 7) is 0.380. The summed E-state index contributed by atoms with van der Waals surface area (Å²) in [5, 5.41) is 3.38. The number of carbonyl (C=O) groups excluding carboxylic acids is 1. The first-order chi connectivity index (χ1) is 15.0. The first-order valence-corrected chi connectivity index (χ1v) is 9.85. The number of carbonyl (C=O) groups is 1. The van der Waals surface area contributed by atoms with Gasteiger partial charge in [-0.25, -0.2) is 18.7 Å². The van der Waals surface area contributed by atoms with Gasteiger partial charge in [-0.3, -0.25) is 9.78 Å². The normalized spacial score (nSPS) is 15.7. The Hall–Kier alpha value is -3.33. The number of nitrogens with one attached hydrogen (secondary N) is 1. The van der Waals surface area contributed by atoms with Crippen molar-refractivity contribution in [2.75, 3.05) is 25.5 Å². The van der Waals surface area contributed by atoms with E-state index in [1.165, 1.54) is 48.8 Å². The van der Waals surface area contributed by atoms with Crippen LogP contribution in [0.4, 0.5) is 20.3 Å². The van der Waals surface area contributed by atoms with Crippen LogP contribution in [0.25, 0.3) is 11.4 Å². The molecule has 160 valence electrons. The largest absolute Gasteiger partial charge is 0.491 e. The zero-order chi connectivity index (χ0) is 22.0. The van der Waals surface area contributed by atoms with Crippen molar-refractivity contribution in [2.45, 2.75) is 12.6 Å². The number of halogens is 3. The molecule has 1 aliphatic heterocycles. The Morgan fingerprint density at radius 1 is 1.32 bits per heavy atom. The van der Waals surface area contributed by atoms with Crippen LogP contribution < -0.4 is 10.1 Å². The number of benzene rings is 1. The lowest BCUT2D eigenvalue weighted by Gasteiger charge is -2.18. The quantitative estimate of drug-likeness (QED) is 0.631. The minimum Gasteiger partial charge on any atom is -0.491 e. The van der Waals surface area contributed by atoms with E-state index < -0.39 is 12.0 Å². The number of methoxy groups -OCH3 is 1. The molecule has 1 aromatic carbocycles. The van der Waals surface area contributed by atoms with Crippen molar-refractivity contribution < 1.29 is 18.3 Å². The van der Waals surface area contributed by atoms with Crippen LogP contribution in [0.1, 0.15) is 16.8 Å². The molecule has 1 N–H and O–H groups in total. The van der Waals surface area contributed by atoms with E-state index in [4.69, 9.17) is 16.3 Å². The molecule has 1 fully saturated rings. The van der Waals surface area contributed by atoms with Crippen LogP contribution in [-0.2, 0) is 0 Å². The van der Waals surface area contributed by atoms with E-state index in [0.29, 0.717) is 23.7 Å². The maximum atomic E-state index is 14.3. The maximum Gasteiger partial charge on any atom is 0.257 e. The Bertz CT molecular complexity index is 1130. The standard InChI is InChI=1S/C21H18ClF2N5O2/c1-31-18-10-26-19(14-8-12(22)2-3-16(14)24)28-20(18)27-17-4-6-25-9-15(17)21(30)29-7-5-13(23)11-29/h2-4,6,8-10,13H,5,7,11H2,1H3,(H,25,26,27,28)/t13-/m1/s1. The number of anilines is 2. The minimum atomic E-state index is -1.03. The summed E-state index contributed by atoms with van der Waals surface area (Å²) in [4.78, 5) is 26.9. The molecule has 0 spiro atoms. The number of pyridine rings is 1. The van der Waals surface area contributed by atoms with Gasteiger partial charge in [0, 0.05) is 24.0 Å². The van der Waals surface area contributed by atoms with Crippen LogP contribution in [0.3, 0.4) is 0 Å². The molecule has 1 atom stereocenters. The van der Waals surface area contributed by atoms with E-state index in [1.54, 1.807) is 6.07 Å². The summed E-state index contributed by atoms with van der Waals surface area (Å²) in [7, 11) is 1.44. The second kappa shape index (κ2) is 8.81.